The summed E-state index contributed by atoms with van der Waals surface area (Å²) in [5.41, 5.74) is 1.13. The molecule has 0 aliphatic carbocycles. The van der Waals surface area contributed by atoms with Crippen molar-refractivity contribution in [3.8, 4) is 0 Å². The van der Waals surface area contributed by atoms with Crippen molar-refractivity contribution in [3.05, 3.63) is 16.1 Å². The lowest BCUT2D eigenvalue weighted by Gasteiger charge is -2.03. The molecule has 0 spiro atoms. The standard InChI is InChI=1S/C11H19N3OS/c1-3-13-11(15)5-7-12-6-4-10-8-16-9(2)14-10/h8,12H,3-7H2,1-2H3,(H,13,15). The Labute approximate surface area is 100 Å². The van der Waals surface area contributed by atoms with E-state index in [2.05, 4.69) is 21.0 Å². The number of hydrogen-bond acceptors (Lipinski definition) is 4. The Hall–Kier alpha value is -0.940. The van der Waals surface area contributed by atoms with Crippen molar-refractivity contribution in [3.63, 3.8) is 0 Å². The molecule has 0 radical (unpaired) electrons. The molecule has 0 saturated carbocycles. The second-order valence-electron chi connectivity index (χ2n) is 3.56. The SMILES string of the molecule is CCNC(=O)CCNCCc1csc(C)n1. The molecule has 0 aliphatic rings. The predicted molar refractivity (Wildman–Crippen MR) is 66.7 cm³/mol. The number of carbonyl (C=O) groups is 1. The third-order valence-electron chi connectivity index (χ3n) is 2.13. The third-order valence-corrected chi connectivity index (χ3v) is 2.95. The van der Waals surface area contributed by atoms with Crippen molar-refractivity contribution in [2.24, 2.45) is 0 Å². The van der Waals surface area contributed by atoms with Gasteiger partial charge in [0, 0.05) is 37.9 Å². The van der Waals surface area contributed by atoms with E-state index in [0.717, 1.165) is 30.2 Å². The highest BCUT2D eigenvalue weighted by Crippen LogP contribution is 2.07. The number of hydrogen-bond donors (Lipinski definition) is 2. The summed E-state index contributed by atoms with van der Waals surface area (Å²) in [7, 11) is 0. The molecule has 0 unspecified atom stereocenters. The average molecular weight is 241 g/mol. The minimum absolute atomic E-state index is 0.111. The molecule has 1 amide bonds. The highest BCUT2D eigenvalue weighted by Gasteiger charge is 1.99. The topological polar surface area (TPSA) is 54.0 Å². The first-order valence-electron chi connectivity index (χ1n) is 5.60. The molecule has 0 aromatic carbocycles. The Morgan fingerprint density at radius 1 is 1.50 bits per heavy atom. The van der Waals surface area contributed by atoms with Crippen LogP contribution in [0.2, 0.25) is 0 Å². The quantitative estimate of drug-likeness (QED) is 0.703. The van der Waals surface area contributed by atoms with Crippen LogP contribution in [0, 0.1) is 6.92 Å². The molecular formula is C11H19N3OS. The summed E-state index contributed by atoms with van der Waals surface area (Å²) < 4.78 is 0. The molecule has 0 fully saturated rings. The van der Waals surface area contributed by atoms with Crippen LogP contribution in [0.1, 0.15) is 24.0 Å². The zero-order valence-electron chi connectivity index (χ0n) is 9.88. The van der Waals surface area contributed by atoms with Crippen LogP contribution in [-0.2, 0) is 11.2 Å². The number of nitrogens with zero attached hydrogens (tertiary/aromatic N) is 1. The van der Waals surface area contributed by atoms with E-state index in [1.165, 1.54) is 0 Å². The first kappa shape index (κ1) is 13.1. The number of amides is 1. The van der Waals surface area contributed by atoms with Gasteiger partial charge in [-0.15, -0.1) is 11.3 Å². The number of carbonyl (C=O) groups excluding carboxylic acids is 1. The van der Waals surface area contributed by atoms with Gasteiger partial charge in [0.05, 0.1) is 10.7 Å². The molecule has 0 aliphatic heterocycles. The smallest absolute Gasteiger partial charge is 0.221 e. The Morgan fingerprint density at radius 2 is 2.31 bits per heavy atom. The van der Waals surface area contributed by atoms with Gasteiger partial charge in [0.25, 0.3) is 0 Å². The van der Waals surface area contributed by atoms with Crippen LogP contribution < -0.4 is 10.6 Å². The van der Waals surface area contributed by atoms with E-state index in [0.29, 0.717) is 13.0 Å². The van der Waals surface area contributed by atoms with Crippen LogP contribution in [-0.4, -0.2) is 30.5 Å². The zero-order valence-corrected chi connectivity index (χ0v) is 10.7. The maximum absolute atomic E-state index is 11.1. The van der Waals surface area contributed by atoms with Gasteiger partial charge in [-0.1, -0.05) is 0 Å². The van der Waals surface area contributed by atoms with Crippen molar-refractivity contribution >= 4 is 17.2 Å². The molecule has 1 rings (SSSR count). The molecule has 1 aromatic rings. The summed E-state index contributed by atoms with van der Waals surface area (Å²) in [5.74, 6) is 0.111. The summed E-state index contributed by atoms with van der Waals surface area (Å²) in [5, 5.41) is 9.20. The second-order valence-corrected chi connectivity index (χ2v) is 4.62. The van der Waals surface area contributed by atoms with E-state index in [1.807, 2.05) is 13.8 Å². The highest BCUT2D eigenvalue weighted by molar-refractivity contribution is 7.09. The van der Waals surface area contributed by atoms with Crippen LogP contribution in [0.3, 0.4) is 0 Å². The minimum atomic E-state index is 0.111. The molecule has 5 heteroatoms. The van der Waals surface area contributed by atoms with E-state index < -0.39 is 0 Å². The van der Waals surface area contributed by atoms with Crippen molar-refractivity contribution in [2.45, 2.75) is 26.7 Å². The maximum Gasteiger partial charge on any atom is 0.221 e. The van der Waals surface area contributed by atoms with E-state index in [9.17, 15) is 4.79 Å². The summed E-state index contributed by atoms with van der Waals surface area (Å²) in [6.45, 7) is 6.25. The summed E-state index contributed by atoms with van der Waals surface area (Å²) in [4.78, 5) is 15.5. The number of rotatable bonds is 7. The first-order chi connectivity index (χ1) is 7.72. The van der Waals surface area contributed by atoms with Crippen molar-refractivity contribution < 1.29 is 4.79 Å². The fourth-order valence-corrected chi connectivity index (χ4v) is 2.00. The van der Waals surface area contributed by atoms with Crippen LogP contribution in [0.5, 0.6) is 0 Å². The average Bonchev–Trinajstić information content (AvgIpc) is 2.64. The molecule has 16 heavy (non-hydrogen) atoms. The lowest BCUT2D eigenvalue weighted by Crippen LogP contribution is -2.28. The highest BCUT2D eigenvalue weighted by atomic mass is 32.1. The molecule has 1 heterocycles. The summed E-state index contributed by atoms with van der Waals surface area (Å²) in [6.07, 6.45) is 1.48. The van der Waals surface area contributed by atoms with Gasteiger partial charge in [0.15, 0.2) is 0 Å². The summed E-state index contributed by atoms with van der Waals surface area (Å²) >= 11 is 1.68. The van der Waals surface area contributed by atoms with Crippen LogP contribution in [0.15, 0.2) is 5.38 Å². The van der Waals surface area contributed by atoms with Gasteiger partial charge in [0.2, 0.25) is 5.91 Å². The fraction of sp³-hybridized carbons (Fsp3) is 0.636. The number of thiazole rings is 1. The lowest BCUT2D eigenvalue weighted by atomic mass is 10.3. The summed E-state index contributed by atoms with van der Waals surface area (Å²) in [6, 6.07) is 0. The first-order valence-corrected chi connectivity index (χ1v) is 6.48. The molecular weight excluding hydrogens is 222 g/mol. The predicted octanol–water partition coefficient (Wildman–Crippen LogP) is 1.11. The van der Waals surface area contributed by atoms with E-state index in [4.69, 9.17) is 0 Å². The van der Waals surface area contributed by atoms with Crippen LogP contribution in [0.25, 0.3) is 0 Å². The van der Waals surface area contributed by atoms with Gasteiger partial charge in [-0.05, 0) is 13.8 Å². The van der Waals surface area contributed by atoms with Gasteiger partial charge in [-0.2, -0.15) is 0 Å². The largest absolute Gasteiger partial charge is 0.356 e. The van der Waals surface area contributed by atoms with Gasteiger partial charge in [-0.25, -0.2) is 4.98 Å². The van der Waals surface area contributed by atoms with Gasteiger partial charge >= 0.3 is 0 Å². The van der Waals surface area contributed by atoms with E-state index in [-0.39, 0.29) is 5.91 Å². The van der Waals surface area contributed by atoms with Gasteiger partial charge in [-0.3, -0.25) is 4.79 Å². The van der Waals surface area contributed by atoms with E-state index in [1.54, 1.807) is 11.3 Å². The number of nitrogens with one attached hydrogen (secondary N) is 2. The molecule has 0 saturated heterocycles. The minimum Gasteiger partial charge on any atom is -0.356 e. The Morgan fingerprint density at radius 3 is 2.94 bits per heavy atom. The van der Waals surface area contributed by atoms with Crippen molar-refractivity contribution in [1.82, 2.24) is 15.6 Å². The molecule has 90 valence electrons. The molecule has 1 aromatic heterocycles. The molecule has 2 N–H and O–H groups in total. The molecule has 0 atom stereocenters. The maximum atomic E-state index is 11.1. The molecule has 4 nitrogen and oxygen atoms in total. The number of aryl methyl sites for hydroxylation is 1. The Bertz CT molecular complexity index is 325. The lowest BCUT2D eigenvalue weighted by molar-refractivity contribution is -0.120. The van der Waals surface area contributed by atoms with E-state index >= 15 is 0 Å². The monoisotopic (exact) mass is 241 g/mol. The third kappa shape index (κ3) is 5.23. The van der Waals surface area contributed by atoms with Crippen molar-refractivity contribution in [2.75, 3.05) is 19.6 Å². The van der Waals surface area contributed by atoms with Crippen LogP contribution >= 0.6 is 11.3 Å². The Kier molecular flexibility index (Phi) is 6.03. The second kappa shape index (κ2) is 7.35. The molecule has 0 bridgehead atoms. The van der Waals surface area contributed by atoms with Gasteiger partial charge < -0.3 is 10.6 Å². The number of aromatic nitrogens is 1. The zero-order chi connectivity index (χ0) is 11.8. The van der Waals surface area contributed by atoms with Crippen molar-refractivity contribution in [1.29, 1.82) is 0 Å². The fourth-order valence-electron chi connectivity index (χ4n) is 1.35. The normalized spacial score (nSPS) is 10.4. The Balaban J connectivity index is 2.02. The van der Waals surface area contributed by atoms with Crippen LogP contribution in [0.4, 0.5) is 0 Å². The van der Waals surface area contributed by atoms with Gasteiger partial charge in [0.1, 0.15) is 0 Å².